The quantitative estimate of drug-likeness (QED) is 0.102. The van der Waals surface area contributed by atoms with Gasteiger partial charge < -0.3 is 9.84 Å². The fourth-order valence-corrected chi connectivity index (χ4v) is 11.4. The predicted molar refractivity (Wildman–Crippen MR) is 217 cm³/mol. The molecule has 10 nitrogen and oxygen atoms in total. The first kappa shape index (κ1) is 41.7. The third kappa shape index (κ3) is 6.16. The highest BCUT2D eigenvalue weighted by atomic mass is 35.5. The fraction of sp³-hybridized carbons (Fsp3) is 0.341. The highest BCUT2D eigenvalue weighted by molar-refractivity contribution is 7.22. The van der Waals surface area contributed by atoms with Crippen LogP contribution in [0.5, 0.6) is 11.5 Å². The Hall–Kier alpha value is -5.68. The van der Waals surface area contributed by atoms with Gasteiger partial charge in [0.1, 0.15) is 11.5 Å². The minimum atomic E-state index is -5.24. The van der Waals surface area contributed by atoms with Gasteiger partial charge in [0.2, 0.25) is 23.6 Å². The van der Waals surface area contributed by atoms with Gasteiger partial charge in [0.05, 0.1) is 51.5 Å². The van der Waals surface area contributed by atoms with Gasteiger partial charge in [-0.05, 0) is 105 Å². The number of anilines is 2. The summed E-state index contributed by atoms with van der Waals surface area (Å²) in [6.07, 6.45) is -9.08. The third-order valence-electron chi connectivity index (χ3n) is 12.9. The van der Waals surface area contributed by atoms with Crippen molar-refractivity contribution in [2.75, 3.05) is 16.4 Å². The van der Waals surface area contributed by atoms with Crippen molar-refractivity contribution >= 4 is 68.2 Å². The molecule has 5 aromatic rings. The molecule has 2 aromatic heterocycles. The van der Waals surface area contributed by atoms with E-state index in [2.05, 4.69) is 0 Å². The van der Waals surface area contributed by atoms with Gasteiger partial charge in [-0.1, -0.05) is 29.3 Å². The molecule has 1 saturated carbocycles. The fourth-order valence-electron chi connectivity index (χ4n) is 10.1. The largest absolute Gasteiger partial charge is 0.504 e. The first-order valence-electron chi connectivity index (χ1n) is 19.6. The summed E-state index contributed by atoms with van der Waals surface area (Å²) in [5, 5.41) is 16.9. The number of aryl methyl sites for hydroxylation is 2. The molecule has 0 bridgehead atoms. The SMILES string of the molecule is CCOc1cc(C2C3=CCC4C(=O)N(c5cc(C(F)(F)F)cc(C(F)(F)F)c5)C(=O)C4C3CC3C(=O)N(c4cc(-c5sc6ccc(Cl)cc6c5C)nn4C)C(=O)C32C)ccc1O. The summed E-state index contributed by atoms with van der Waals surface area (Å²) in [5.74, 6) is -8.72. The second kappa shape index (κ2) is 14.2. The van der Waals surface area contributed by atoms with Crippen molar-refractivity contribution < 1.29 is 55.4 Å². The van der Waals surface area contributed by atoms with Gasteiger partial charge >= 0.3 is 12.4 Å². The Balaban J connectivity index is 1.16. The van der Waals surface area contributed by atoms with Crippen LogP contribution < -0.4 is 14.5 Å². The van der Waals surface area contributed by atoms with Crippen LogP contribution in [0.3, 0.4) is 0 Å². The summed E-state index contributed by atoms with van der Waals surface area (Å²) in [6.45, 7) is 5.43. The lowest BCUT2D eigenvalue weighted by atomic mass is 9.51. The van der Waals surface area contributed by atoms with Crippen molar-refractivity contribution in [1.29, 1.82) is 0 Å². The van der Waals surface area contributed by atoms with Crippen molar-refractivity contribution in [3.05, 3.63) is 99.6 Å². The predicted octanol–water partition coefficient (Wildman–Crippen LogP) is 9.84. The number of thiophene rings is 1. The van der Waals surface area contributed by atoms with Crippen molar-refractivity contribution in [1.82, 2.24) is 9.78 Å². The van der Waals surface area contributed by atoms with E-state index in [9.17, 15) is 45.8 Å². The van der Waals surface area contributed by atoms with E-state index in [0.29, 0.717) is 38.9 Å². The maximum Gasteiger partial charge on any atom is 0.416 e. The molecule has 4 aliphatic rings. The molecule has 2 aliphatic carbocycles. The molecule has 6 atom stereocenters. The minimum absolute atomic E-state index is 0.0785. The second-order valence-corrected chi connectivity index (χ2v) is 17.8. The third-order valence-corrected chi connectivity index (χ3v) is 14.5. The number of ether oxygens (including phenoxy) is 1. The summed E-state index contributed by atoms with van der Waals surface area (Å²) in [7, 11) is 1.59. The standard InChI is InChI=1S/C44H35ClF6N4O6S/c1-5-61-32-12-20(6-10-31(32)56)36-25-8-9-26-35(40(59)54(38(26)57)24-14-21(43(46,47)48)13-22(15-24)44(49,50)51)28(25)17-29-39(58)55(41(60)42(29,36)3)34-18-30(52-53(34)4)37-19(2)27-16-23(45)7-11-33(27)62-37/h6-8,10-16,18,26,28-29,35-36,56H,5,9,17H2,1-4H3. The number of phenols is 1. The number of carbonyl (C=O) groups excluding carboxylic acids is 4. The molecule has 2 aliphatic heterocycles. The van der Waals surface area contributed by atoms with Crippen molar-refractivity contribution in [2.45, 2.75) is 51.9 Å². The number of allylic oxidation sites excluding steroid dienone is 2. The zero-order valence-corrected chi connectivity index (χ0v) is 34.8. The number of phenolic OH excluding ortho intramolecular Hbond substituents is 1. The summed E-state index contributed by atoms with van der Waals surface area (Å²) < 4.78 is 91.8. The van der Waals surface area contributed by atoms with Crippen LogP contribution in [-0.4, -0.2) is 45.1 Å². The van der Waals surface area contributed by atoms with Crippen LogP contribution in [0.1, 0.15) is 54.9 Å². The Labute approximate surface area is 358 Å². The number of benzene rings is 3. The van der Waals surface area contributed by atoms with E-state index in [4.69, 9.17) is 21.4 Å². The summed E-state index contributed by atoms with van der Waals surface area (Å²) in [5.41, 5.74) is -3.49. The molecule has 4 heterocycles. The van der Waals surface area contributed by atoms with Crippen molar-refractivity contribution in [3.63, 3.8) is 0 Å². The average Bonchev–Trinajstić information content (AvgIpc) is 3.88. The Kier molecular flexibility index (Phi) is 9.52. The van der Waals surface area contributed by atoms with Gasteiger partial charge in [-0.15, -0.1) is 11.3 Å². The number of halogens is 7. The van der Waals surface area contributed by atoms with E-state index in [0.717, 1.165) is 25.4 Å². The monoisotopic (exact) mass is 896 g/mol. The number of rotatable bonds is 6. The molecule has 18 heteroatoms. The van der Waals surface area contributed by atoms with Crippen molar-refractivity contribution in [2.24, 2.45) is 36.1 Å². The molecule has 3 aromatic carbocycles. The van der Waals surface area contributed by atoms with Crippen LogP contribution in [0, 0.1) is 36.0 Å². The first-order chi connectivity index (χ1) is 29.1. The van der Waals surface area contributed by atoms with E-state index in [1.165, 1.54) is 28.2 Å². The van der Waals surface area contributed by atoms with Gasteiger partial charge in [0.15, 0.2) is 11.5 Å². The van der Waals surface area contributed by atoms with Gasteiger partial charge in [-0.2, -0.15) is 31.4 Å². The van der Waals surface area contributed by atoms with Crippen LogP contribution in [0.2, 0.25) is 5.02 Å². The number of carbonyl (C=O) groups is 4. The Morgan fingerprint density at radius 2 is 1.60 bits per heavy atom. The van der Waals surface area contributed by atoms with E-state index < -0.39 is 87.8 Å². The van der Waals surface area contributed by atoms with E-state index in [1.54, 1.807) is 45.2 Å². The maximum absolute atomic E-state index is 15.2. The summed E-state index contributed by atoms with van der Waals surface area (Å²) >= 11 is 7.75. The number of hydrogen-bond donors (Lipinski definition) is 1. The Bertz CT molecular complexity index is 2780. The zero-order chi connectivity index (χ0) is 44.5. The number of amides is 4. The lowest BCUT2D eigenvalue weighted by Gasteiger charge is -2.49. The number of nitrogens with zero attached hydrogens (tertiary/aromatic N) is 4. The number of aromatic nitrogens is 2. The molecule has 0 spiro atoms. The lowest BCUT2D eigenvalue weighted by molar-refractivity contribution is -0.143. The summed E-state index contributed by atoms with van der Waals surface area (Å²) in [4.78, 5) is 61.0. The topological polar surface area (TPSA) is 122 Å². The molecule has 6 unspecified atom stereocenters. The molecule has 4 amide bonds. The van der Waals surface area contributed by atoms with Gasteiger partial charge in [0, 0.05) is 28.8 Å². The van der Waals surface area contributed by atoms with Crippen LogP contribution in [0.25, 0.3) is 20.7 Å². The highest BCUT2D eigenvalue weighted by Gasteiger charge is 2.68. The van der Waals surface area contributed by atoms with E-state index in [1.807, 2.05) is 19.1 Å². The molecular formula is C44H35ClF6N4O6S. The Morgan fingerprint density at radius 3 is 2.26 bits per heavy atom. The number of aromatic hydroxyl groups is 1. The number of fused-ring (bicyclic) bond motifs is 5. The van der Waals surface area contributed by atoms with E-state index in [-0.39, 0.29) is 42.8 Å². The first-order valence-corrected chi connectivity index (χ1v) is 20.8. The number of imide groups is 2. The van der Waals surface area contributed by atoms with Gasteiger partial charge in [0.25, 0.3) is 0 Å². The molecule has 9 rings (SSSR count). The van der Waals surface area contributed by atoms with Crippen LogP contribution in [0.4, 0.5) is 37.8 Å². The highest BCUT2D eigenvalue weighted by Crippen LogP contribution is 2.64. The Morgan fingerprint density at radius 1 is 0.903 bits per heavy atom. The maximum atomic E-state index is 15.2. The molecular weight excluding hydrogens is 862 g/mol. The number of alkyl halides is 6. The van der Waals surface area contributed by atoms with Crippen molar-refractivity contribution in [3.8, 4) is 22.1 Å². The smallest absolute Gasteiger partial charge is 0.416 e. The number of hydrogen-bond acceptors (Lipinski definition) is 8. The van der Waals surface area contributed by atoms with Gasteiger partial charge in [-0.3, -0.25) is 23.9 Å². The molecule has 1 N–H and O–H groups in total. The average molecular weight is 897 g/mol. The van der Waals surface area contributed by atoms with Crippen LogP contribution >= 0.6 is 22.9 Å². The molecule has 2 saturated heterocycles. The molecule has 0 radical (unpaired) electrons. The summed E-state index contributed by atoms with van der Waals surface area (Å²) in [6, 6.07) is 12.2. The zero-order valence-electron chi connectivity index (χ0n) is 33.2. The van der Waals surface area contributed by atoms with E-state index >= 15 is 4.79 Å². The molecule has 3 fully saturated rings. The molecule has 62 heavy (non-hydrogen) atoms. The second-order valence-electron chi connectivity index (χ2n) is 16.3. The molecule has 322 valence electrons. The minimum Gasteiger partial charge on any atom is -0.504 e. The van der Waals surface area contributed by atoms with Gasteiger partial charge in [-0.25, -0.2) is 9.80 Å². The normalized spacial score (nSPS) is 25.1. The lowest BCUT2D eigenvalue weighted by Crippen LogP contribution is -2.49. The van der Waals surface area contributed by atoms with Crippen LogP contribution in [0.15, 0.2) is 72.3 Å². The van der Waals surface area contributed by atoms with Crippen LogP contribution in [-0.2, 0) is 38.6 Å².